The van der Waals surface area contributed by atoms with E-state index >= 15 is 0 Å². The van der Waals surface area contributed by atoms with Gasteiger partial charge in [-0.3, -0.25) is 4.79 Å². The summed E-state index contributed by atoms with van der Waals surface area (Å²) < 4.78 is 13.5. The largest absolute Gasteiger partial charge is 0.371 e. The molecule has 0 spiro atoms. The van der Waals surface area contributed by atoms with Crippen LogP contribution in [-0.2, 0) is 0 Å². The molecule has 2 heterocycles. The summed E-state index contributed by atoms with van der Waals surface area (Å²) in [5, 5.41) is 0. The van der Waals surface area contributed by atoms with E-state index in [2.05, 4.69) is 4.98 Å². The topological polar surface area (TPSA) is 39.7 Å². The van der Waals surface area contributed by atoms with E-state index in [0.29, 0.717) is 18.7 Å². The Morgan fingerprint density at radius 1 is 1.17 bits per heavy atom. The molecule has 23 heavy (non-hydrogen) atoms. The fraction of sp³-hybridized carbons (Fsp3) is 0.294. The van der Waals surface area contributed by atoms with E-state index in [-0.39, 0.29) is 11.7 Å². The highest BCUT2D eigenvalue weighted by molar-refractivity contribution is 6.08. The highest BCUT2D eigenvalue weighted by Crippen LogP contribution is 2.33. The molecular weight excluding hydrogens is 295 g/mol. The number of anilines is 3. The number of carbonyl (C=O) groups excluding carboxylic acids is 1. The van der Waals surface area contributed by atoms with Gasteiger partial charge in [-0.25, -0.2) is 9.37 Å². The van der Waals surface area contributed by atoms with E-state index < -0.39 is 0 Å². The second-order valence-corrected chi connectivity index (χ2v) is 5.81. The molecule has 5 nitrogen and oxygen atoms in total. The number of fused-ring (bicyclic) bond motifs is 1. The van der Waals surface area contributed by atoms with Crippen LogP contribution in [0.5, 0.6) is 0 Å². The van der Waals surface area contributed by atoms with E-state index in [1.807, 2.05) is 30.9 Å². The van der Waals surface area contributed by atoms with Crippen LogP contribution < -0.4 is 14.7 Å². The Bertz CT molecular complexity index is 747. The van der Waals surface area contributed by atoms with Gasteiger partial charge < -0.3 is 14.7 Å². The number of likely N-dealkylation sites (N-methyl/N-ethyl adjacent to an activating group) is 1. The first-order valence-corrected chi connectivity index (χ1v) is 7.43. The minimum atomic E-state index is -0.302. The quantitative estimate of drug-likeness (QED) is 0.853. The van der Waals surface area contributed by atoms with Gasteiger partial charge in [0.2, 0.25) is 0 Å². The van der Waals surface area contributed by atoms with Gasteiger partial charge in [0.25, 0.3) is 5.91 Å². The van der Waals surface area contributed by atoms with Crippen molar-refractivity contribution < 1.29 is 9.18 Å². The van der Waals surface area contributed by atoms with E-state index in [1.54, 1.807) is 29.3 Å². The molecule has 0 saturated heterocycles. The third kappa shape index (κ3) is 2.84. The Hall–Kier alpha value is -2.63. The molecule has 120 valence electrons. The third-order valence-electron chi connectivity index (χ3n) is 3.99. The van der Waals surface area contributed by atoms with Crippen molar-refractivity contribution in [2.75, 3.05) is 48.9 Å². The molecule has 1 aliphatic rings. The van der Waals surface area contributed by atoms with Crippen molar-refractivity contribution in [2.24, 2.45) is 0 Å². The second kappa shape index (κ2) is 5.87. The maximum atomic E-state index is 13.5. The maximum absolute atomic E-state index is 13.5. The van der Waals surface area contributed by atoms with E-state index in [1.165, 1.54) is 12.1 Å². The lowest BCUT2D eigenvalue weighted by Gasteiger charge is -2.35. The second-order valence-electron chi connectivity index (χ2n) is 5.81. The number of pyridine rings is 1. The minimum Gasteiger partial charge on any atom is -0.371 e. The first-order chi connectivity index (χ1) is 11.0. The zero-order valence-corrected chi connectivity index (χ0v) is 13.5. The van der Waals surface area contributed by atoms with E-state index in [0.717, 1.165) is 17.2 Å². The predicted octanol–water partition coefficient (Wildman–Crippen LogP) is 2.38. The zero-order chi connectivity index (χ0) is 16.6. The first-order valence-electron chi connectivity index (χ1n) is 7.43. The molecule has 1 aliphatic heterocycles. The van der Waals surface area contributed by atoms with Gasteiger partial charge >= 0.3 is 0 Å². The van der Waals surface area contributed by atoms with Gasteiger partial charge in [0.05, 0.1) is 11.4 Å². The Labute approximate surface area is 134 Å². The molecule has 6 heteroatoms. The monoisotopic (exact) mass is 314 g/mol. The Morgan fingerprint density at radius 2 is 1.96 bits per heavy atom. The van der Waals surface area contributed by atoms with Crippen molar-refractivity contribution in [1.82, 2.24) is 4.98 Å². The average Bonchev–Trinajstić information content (AvgIpc) is 2.55. The summed E-state index contributed by atoms with van der Waals surface area (Å²) in [6, 6.07) is 7.98. The molecule has 0 radical (unpaired) electrons. The molecule has 0 N–H and O–H groups in total. The van der Waals surface area contributed by atoms with Crippen molar-refractivity contribution in [1.29, 1.82) is 0 Å². The molecular formula is C17H19FN4O. The number of hydrogen-bond donors (Lipinski definition) is 0. The van der Waals surface area contributed by atoms with Crippen LogP contribution in [0.15, 0.2) is 36.5 Å². The van der Waals surface area contributed by atoms with Gasteiger partial charge in [-0.15, -0.1) is 0 Å². The smallest absolute Gasteiger partial charge is 0.258 e. The van der Waals surface area contributed by atoms with Crippen LogP contribution in [0.1, 0.15) is 10.4 Å². The number of halogens is 1. The number of hydrogen-bond acceptors (Lipinski definition) is 4. The van der Waals surface area contributed by atoms with Gasteiger partial charge in [0.1, 0.15) is 11.6 Å². The van der Waals surface area contributed by atoms with Gasteiger partial charge in [0.15, 0.2) is 0 Å². The standard InChI is InChI=1S/C17H19FN4O/c1-20(2)16-10-12(6-7-19-16)17(23)22-9-8-21(3)15-11-13(18)4-5-14(15)22/h4-7,10-11H,8-9H2,1-3H3. The molecule has 0 fully saturated rings. The number of amides is 1. The molecule has 1 aromatic carbocycles. The van der Waals surface area contributed by atoms with Gasteiger partial charge in [-0.05, 0) is 30.3 Å². The summed E-state index contributed by atoms with van der Waals surface area (Å²) >= 11 is 0. The molecule has 0 atom stereocenters. The zero-order valence-electron chi connectivity index (χ0n) is 13.5. The SMILES string of the molecule is CN(C)c1cc(C(=O)N2CCN(C)c3cc(F)ccc32)ccn1. The van der Waals surface area contributed by atoms with E-state index in [4.69, 9.17) is 0 Å². The molecule has 3 rings (SSSR count). The normalized spacial score (nSPS) is 13.7. The fourth-order valence-corrected chi connectivity index (χ4v) is 2.68. The van der Waals surface area contributed by atoms with Gasteiger partial charge in [-0.2, -0.15) is 0 Å². The lowest BCUT2D eigenvalue weighted by Crippen LogP contribution is -2.42. The Morgan fingerprint density at radius 3 is 2.70 bits per heavy atom. The highest BCUT2D eigenvalue weighted by atomic mass is 19.1. The van der Waals surface area contributed by atoms with Crippen molar-refractivity contribution in [3.63, 3.8) is 0 Å². The lowest BCUT2D eigenvalue weighted by atomic mass is 10.1. The molecule has 0 saturated carbocycles. The van der Waals surface area contributed by atoms with Crippen LogP contribution in [0.25, 0.3) is 0 Å². The summed E-state index contributed by atoms with van der Waals surface area (Å²) in [6.07, 6.45) is 1.63. The number of aromatic nitrogens is 1. The maximum Gasteiger partial charge on any atom is 0.258 e. The summed E-state index contributed by atoms with van der Waals surface area (Å²) in [5.41, 5.74) is 2.03. The van der Waals surface area contributed by atoms with Crippen LogP contribution in [0, 0.1) is 5.82 Å². The number of carbonyl (C=O) groups is 1. The van der Waals surface area contributed by atoms with E-state index in [9.17, 15) is 9.18 Å². The van der Waals surface area contributed by atoms with Crippen molar-refractivity contribution in [3.8, 4) is 0 Å². The van der Waals surface area contributed by atoms with Crippen molar-refractivity contribution in [2.45, 2.75) is 0 Å². The summed E-state index contributed by atoms with van der Waals surface area (Å²) in [4.78, 5) is 22.6. The minimum absolute atomic E-state index is 0.101. The van der Waals surface area contributed by atoms with Crippen LogP contribution in [0.3, 0.4) is 0 Å². The molecule has 1 amide bonds. The van der Waals surface area contributed by atoms with Crippen LogP contribution in [0.4, 0.5) is 21.6 Å². The number of rotatable bonds is 2. The predicted molar refractivity (Wildman–Crippen MR) is 89.9 cm³/mol. The average molecular weight is 314 g/mol. The number of nitrogens with zero attached hydrogens (tertiary/aromatic N) is 4. The summed E-state index contributed by atoms with van der Waals surface area (Å²) in [6.45, 7) is 1.22. The van der Waals surface area contributed by atoms with Crippen LogP contribution in [-0.4, -0.2) is 45.1 Å². The molecule has 2 aromatic rings. The Balaban J connectivity index is 1.98. The van der Waals surface area contributed by atoms with Gasteiger partial charge in [-0.1, -0.05) is 0 Å². The molecule has 1 aromatic heterocycles. The molecule has 0 bridgehead atoms. The van der Waals surface area contributed by atoms with Crippen molar-refractivity contribution in [3.05, 3.63) is 47.9 Å². The summed E-state index contributed by atoms with van der Waals surface area (Å²) in [5.74, 6) is 0.324. The van der Waals surface area contributed by atoms with Crippen LogP contribution >= 0.6 is 0 Å². The Kier molecular flexibility index (Phi) is 3.90. The first kappa shape index (κ1) is 15.3. The van der Waals surface area contributed by atoms with Crippen LogP contribution in [0.2, 0.25) is 0 Å². The third-order valence-corrected chi connectivity index (χ3v) is 3.99. The number of benzene rings is 1. The highest BCUT2D eigenvalue weighted by Gasteiger charge is 2.26. The van der Waals surface area contributed by atoms with Gasteiger partial charge in [0, 0.05) is 46.0 Å². The fourth-order valence-electron chi connectivity index (χ4n) is 2.68. The van der Waals surface area contributed by atoms with Crippen molar-refractivity contribution >= 4 is 23.1 Å². The lowest BCUT2D eigenvalue weighted by molar-refractivity contribution is 0.0986. The summed E-state index contributed by atoms with van der Waals surface area (Å²) in [7, 11) is 5.66. The molecule has 0 aliphatic carbocycles. The molecule has 0 unspecified atom stereocenters.